The predicted octanol–water partition coefficient (Wildman–Crippen LogP) is 3.67. The summed E-state index contributed by atoms with van der Waals surface area (Å²) in [5.74, 6) is 0.132. The molecule has 0 saturated heterocycles. The molecule has 1 amide bonds. The van der Waals surface area contributed by atoms with E-state index in [1.54, 1.807) is 0 Å². The molecule has 0 radical (unpaired) electrons. The lowest BCUT2D eigenvalue weighted by Gasteiger charge is -2.27. The minimum absolute atomic E-state index is 0.132. The number of carbonyl (C=O) groups is 1. The number of benzene rings is 2. The van der Waals surface area contributed by atoms with Crippen molar-refractivity contribution in [2.75, 3.05) is 4.90 Å². The molecule has 0 aromatic heterocycles. The van der Waals surface area contributed by atoms with Crippen LogP contribution in [0.1, 0.15) is 19.4 Å². The van der Waals surface area contributed by atoms with Crippen molar-refractivity contribution in [3.05, 3.63) is 66.2 Å². The SMILES string of the molecule is CC(C)N(C(=O)Cc1ccccc1)c1ccccc1. The zero-order valence-corrected chi connectivity index (χ0v) is 11.4. The van der Waals surface area contributed by atoms with Gasteiger partial charge in [-0.15, -0.1) is 0 Å². The smallest absolute Gasteiger partial charge is 0.231 e. The summed E-state index contributed by atoms with van der Waals surface area (Å²) in [6, 6.07) is 19.8. The Balaban J connectivity index is 2.19. The van der Waals surface area contributed by atoms with E-state index >= 15 is 0 Å². The Bertz CT molecular complexity index is 519. The number of carbonyl (C=O) groups excluding carboxylic acids is 1. The maximum absolute atomic E-state index is 12.5. The summed E-state index contributed by atoms with van der Waals surface area (Å²) in [5.41, 5.74) is 2.01. The van der Waals surface area contributed by atoms with Crippen LogP contribution < -0.4 is 4.90 Å². The predicted molar refractivity (Wildman–Crippen MR) is 79.2 cm³/mol. The van der Waals surface area contributed by atoms with E-state index in [0.29, 0.717) is 6.42 Å². The van der Waals surface area contributed by atoms with Gasteiger partial charge < -0.3 is 4.90 Å². The molecule has 0 bridgehead atoms. The molecule has 0 unspecified atom stereocenters. The monoisotopic (exact) mass is 253 g/mol. The quantitative estimate of drug-likeness (QED) is 0.814. The summed E-state index contributed by atoms with van der Waals surface area (Å²) in [6.07, 6.45) is 0.438. The molecule has 2 heteroatoms. The van der Waals surface area contributed by atoms with Crippen molar-refractivity contribution in [2.45, 2.75) is 26.3 Å². The second-order valence-electron chi connectivity index (χ2n) is 4.86. The van der Waals surface area contributed by atoms with Crippen LogP contribution in [0.4, 0.5) is 5.69 Å². The van der Waals surface area contributed by atoms with E-state index in [0.717, 1.165) is 11.3 Å². The van der Waals surface area contributed by atoms with Gasteiger partial charge in [-0.05, 0) is 31.5 Å². The molecule has 0 aliphatic rings. The highest BCUT2D eigenvalue weighted by atomic mass is 16.2. The van der Waals surface area contributed by atoms with Gasteiger partial charge in [0.15, 0.2) is 0 Å². The molecule has 0 atom stereocenters. The second kappa shape index (κ2) is 6.19. The molecular formula is C17H19NO. The Morgan fingerprint density at radius 3 is 2.00 bits per heavy atom. The zero-order chi connectivity index (χ0) is 13.7. The van der Waals surface area contributed by atoms with Gasteiger partial charge in [-0.1, -0.05) is 48.5 Å². The van der Waals surface area contributed by atoms with Crippen molar-refractivity contribution in [1.82, 2.24) is 0 Å². The summed E-state index contributed by atoms with van der Waals surface area (Å²) in [4.78, 5) is 14.3. The van der Waals surface area contributed by atoms with Gasteiger partial charge in [-0.3, -0.25) is 4.79 Å². The van der Waals surface area contributed by atoms with Gasteiger partial charge in [-0.2, -0.15) is 0 Å². The van der Waals surface area contributed by atoms with Crippen molar-refractivity contribution < 1.29 is 4.79 Å². The molecule has 2 rings (SSSR count). The Kier molecular flexibility index (Phi) is 4.35. The number of amides is 1. The molecule has 2 aromatic carbocycles. The number of para-hydroxylation sites is 1. The Hall–Kier alpha value is -2.09. The maximum Gasteiger partial charge on any atom is 0.231 e. The minimum atomic E-state index is 0.132. The fourth-order valence-corrected chi connectivity index (χ4v) is 2.17. The van der Waals surface area contributed by atoms with Crippen molar-refractivity contribution in [3.63, 3.8) is 0 Å². The van der Waals surface area contributed by atoms with E-state index in [4.69, 9.17) is 0 Å². The molecule has 0 heterocycles. The fourth-order valence-electron chi connectivity index (χ4n) is 2.17. The van der Waals surface area contributed by atoms with Gasteiger partial charge >= 0.3 is 0 Å². The lowest BCUT2D eigenvalue weighted by atomic mass is 10.1. The Morgan fingerprint density at radius 2 is 1.47 bits per heavy atom. The lowest BCUT2D eigenvalue weighted by molar-refractivity contribution is -0.118. The van der Waals surface area contributed by atoms with Crippen LogP contribution in [0, 0.1) is 0 Å². The third-order valence-corrected chi connectivity index (χ3v) is 3.02. The molecule has 0 aliphatic heterocycles. The number of hydrogen-bond acceptors (Lipinski definition) is 1. The van der Waals surface area contributed by atoms with E-state index in [9.17, 15) is 4.79 Å². The summed E-state index contributed by atoms with van der Waals surface area (Å²) >= 11 is 0. The summed E-state index contributed by atoms with van der Waals surface area (Å²) in [5, 5.41) is 0. The standard InChI is InChI=1S/C17H19NO/c1-14(2)18(16-11-7-4-8-12-16)17(19)13-15-9-5-3-6-10-15/h3-12,14H,13H2,1-2H3. The van der Waals surface area contributed by atoms with Crippen LogP contribution in [0.5, 0.6) is 0 Å². The molecule has 98 valence electrons. The molecule has 0 fully saturated rings. The van der Waals surface area contributed by atoms with E-state index in [-0.39, 0.29) is 11.9 Å². The zero-order valence-electron chi connectivity index (χ0n) is 11.4. The van der Waals surface area contributed by atoms with Gasteiger partial charge in [0, 0.05) is 11.7 Å². The molecule has 19 heavy (non-hydrogen) atoms. The van der Waals surface area contributed by atoms with Crippen LogP contribution in [0.25, 0.3) is 0 Å². The van der Waals surface area contributed by atoms with Crippen LogP contribution in [0.3, 0.4) is 0 Å². The topological polar surface area (TPSA) is 20.3 Å². The Morgan fingerprint density at radius 1 is 0.947 bits per heavy atom. The third kappa shape index (κ3) is 3.44. The van der Waals surface area contributed by atoms with Gasteiger partial charge in [0.25, 0.3) is 0 Å². The molecule has 2 nitrogen and oxygen atoms in total. The first-order chi connectivity index (χ1) is 9.18. The first-order valence-corrected chi connectivity index (χ1v) is 6.59. The van der Waals surface area contributed by atoms with E-state index in [1.807, 2.05) is 79.4 Å². The first-order valence-electron chi connectivity index (χ1n) is 6.59. The third-order valence-electron chi connectivity index (χ3n) is 3.02. The number of nitrogens with zero attached hydrogens (tertiary/aromatic N) is 1. The average Bonchev–Trinajstić information content (AvgIpc) is 2.40. The lowest BCUT2D eigenvalue weighted by Crippen LogP contribution is -2.38. The van der Waals surface area contributed by atoms with Crippen molar-refractivity contribution >= 4 is 11.6 Å². The number of anilines is 1. The van der Waals surface area contributed by atoms with Gasteiger partial charge in [0.05, 0.1) is 6.42 Å². The van der Waals surface area contributed by atoms with E-state index in [2.05, 4.69) is 0 Å². The van der Waals surface area contributed by atoms with Gasteiger partial charge in [0.1, 0.15) is 0 Å². The molecule has 0 N–H and O–H groups in total. The second-order valence-corrected chi connectivity index (χ2v) is 4.86. The van der Waals surface area contributed by atoms with Crippen molar-refractivity contribution in [2.24, 2.45) is 0 Å². The number of rotatable bonds is 4. The summed E-state index contributed by atoms with van der Waals surface area (Å²) in [7, 11) is 0. The largest absolute Gasteiger partial charge is 0.310 e. The van der Waals surface area contributed by atoms with Crippen LogP contribution in [-0.4, -0.2) is 11.9 Å². The van der Waals surface area contributed by atoms with Crippen molar-refractivity contribution in [1.29, 1.82) is 0 Å². The average molecular weight is 253 g/mol. The van der Waals surface area contributed by atoms with Gasteiger partial charge in [0.2, 0.25) is 5.91 Å². The highest BCUT2D eigenvalue weighted by molar-refractivity contribution is 5.95. The minimum Gasteiger partial charge on any atom is -0.310 e. The van der Waals surface area contributed by atoms with Gasteiger partial charge in [-0.25, -0.2) is 0 Å². The van der Waals surface area contributed by atoms with Crippen LogP contribution >= 0.6 is 0 Å². The Labute approximate surface area is 114 Å². The molecule has 0 saturated carbocycles. The number of hydrogen-bond donors (Lipinski definition) is 0. The molecule has 0 aliphatic carbocycles. The molecule has 0 spiro atoms. The van der Waals surface area contributed by atoms with Crippen molar-refractivity contribution in [3.8, 4) is 0 Å². The molecule has 2 aromatic rings. The summed E-state index contributed by atoms with van der Waals surface area (Å²) < 4.78 is 0. The fraction of sp³-hybridized carbons (Fsp3) is 0.235. The molecular weight excluding hydrogens is 234 g/mol. The first kappa shape index (κ1) is 13.3. The maximum atomic E-state index is 12.5. The summed E-state index contributed by atoms with van der Waals surface area (Å²) in [6.45, 7) is 4.08. The van der Waals surface area contributed by atoms with Crippen LogP contribution in [-0.2, 0) is 11.2 Å². The highest BCUT2D eigenvalue weighted by Crippen LogP contribution is 2.18. The highest BCUT2D eigenvalue weighted by Gasteiger charge is 2.18. The van der Waals surface area contributed by atoms with E-state index in [1.165, 1.54) is 0 Å². The van der Waals surface area contributed by atoms with E-state index < -0.39 is 0 Å². The van der Waals surface area contributed by atoms with Crippen LogP contribution in [0.15, 0.2) is 60.7 Å². The normalized spacial score (nSPS) is 10.5. The van der Waals surface area contributed by atoms with Crippen LogP contribution in [0.2, 0.25) is 0 Å².